The first-order valence-electron chi connectivity index (χ1n) is 13.3. The quantitative estimate of drug-likeness (QED) is 0.324. The average molecular weight is 559 g/mol. The van der Waals surface area contributed by atoms with Crippen LogP contribution in [0.2, 0.25) is 0 Å². The zero-order valence-electron chi connectivity index (χ0n) is 22.1. The smallest absolute Gasteiger partial charge is 0.357 e. The molecule has 1 aromatic carbocycles. The van der Waals surface area contributed by atoms with Crippen molar-refractivity contribution in [2.45, 2.75) is 32.1 Å². The average Bonchev–Trinajstić information content (AvgIpc) is 3.30. The summed E-state index contributed by atoms with van der Waals surface area (Å²) in [6, 6.07) is 11.7. The topological polar surface area (TPSA) is 142 Å². The summed E-state index contributed by atoms with van der Waals surface area (Å²) in [6.07, 6.45) is 2.82. The summed E-state index contributed by atoms with van der Waals surface area (Å²) >= 11 is 0. The molecule has 0 saturated carbocycles. The second-order valence-corrected chi connectivity index (χ2v) is 9.96. The van der Waals surface area contributed by atoms with Crippen molar-refractivity contribution in [1.29, 1.82) is 5.26 Å². The van der Waals surface area contributed by atoms with E-state index >= 15 is 0 Å². The molecule has 12 nitrogen and oxygen atoms in total. The summed E-state index contributed by atoms with van der Waals surface area (Å²) in [5.41, 5.74) is 2.13. The molecule has 1 N–H and O–H groups in total. The van der Waals surface area contributed by atoms with E-state index in [9.17, 15) is 14.3 Å². The number of halogens is 1. The number of aromatic nitrogens is 5. The largest absolute Gasteiger partial charge is 0.476 e. The summed E-state index contributed by atoms with van der Waals surface area (Å²) in [5, 5.41) is 22.6. The van der Waals surface area contributed by atoms with Crippen LogP contribution in [-0.4, -0.2) is 79.4 Å². The van der Waals surface area contributed by atoms with Crippen molar-refractivity contribution in [3.63, 3.8) is 0 Å². The molecule has 3 aromatic heterocycles. The Kier molecular flexibility index (Phi) is 7.41. The Hall–Kier alpha value is -4.67. The minimum Gasteiger partial charge on any atom is -0.476 e. The molecule has 2 fully saturated rings. The second-order valence-electron chi connectivity index (χ2n) is 9.96. The molecule has 0 spiro atoms. The van der Waals surface area contributed by atoms with Gasteiger partial charge >= 0.3 is 5.97 Å². The second kappa shape index (κ2) is 11.4. The molecular formula is C28H27FN8O4. The van der Waals surface area contributed by atoms with Crippen molar-refractivity contribution in [3.8, 4) is 11.9 Å². The fourth-order valence-corrected chi connectivity index (χ4v) is 4.90. The predicted octanol–water partition coefficient (Wildman–Crippen LogP) is 2.46. The van der Waals surface area contributed by atoms with Crippen molar-refractivity contribution in [2.24, 2.45) is 0 Å². The maximum Gasteiger partial charge on any atom is 0.357 e. The van der Waals surface area contributed by atoms with Crippen LogP contribution in [0.1, 0.15) is 39.4 Å². The first kappa shape index (κ1) is 26.5. The third-order valence-electron chi connectivity index (χ3n) is 7.29. The summed E-state index contributed by atoms with van der Waals surface area (Å²) in [7, 11) is 0. The fourth-order valence-electron chi connectivity index (χ4n) is 4.90. The number of imidazole rings is 1. The Morgan fingerprint density at radius 3 is 2.73 bits per heavy atom. The van der Waals surface area contributed by atoms with E-state index in [1.807, 2.05) is 18.2 Å². The minimum atomic E-state index is -1.14. The molecule has 2 aliphatic heterocycles. The highest BCUT2D eigenvalue weighted by atomic mass is 19.1. The van der Waals surface area contributed by atoms with Gasteiger partial charge in [0.05, 0.1) is 35.3 Å². The van der Waals surface area contributed by atoms with Crippen LogP contribution in [0.3, 0.4) is 0 Å². The number of fused-ring (bicyclic) bond motifs is 1. The molecule has 2 aliphatic rings. The molecule has 0 aliphatic carbocycles. The van der Waals surface area contributed by atoms with Crippen molar-refractivity contribution in [1.82, 2.24) is 29.5 Å². The third-order valence-corrected chi connectivity index (χ3v) is 7.29. The van der Waals surface area contributed by atoms with Gasteiger partial charge in [0.2, 0.25) is 5.88 Å². The Morgan fingerprint density at radius 2 is 2.02 bits per heavy atom. The van der Waals surface area contributed by atoms with Crippen LogP contribution < -0.4 is 9.64 Å². The lowest BCUT2D eigenvalue weighted by atomic mass is 10.1. The van der Waals surface area contributed by atoms with Gasteiger partial charge in [-0.2, -0.15) is 15.3 Å². The molecule has 1 unspecified atom stereocenters. The van der Waals surface area contributed by atoms with E-state index in [1.54, 1.807) is 18.2 Å². The zero-order valence-corrected chi connectivity index (χ0v) is 22.1. The van der Waals surface area contributed by atoms with Gasteiger partial charge in [-0.05, 0) is 24.6 Å². The number of anilines is 1. The predicted molar refractivity (Wildman–Crippen MR) is 143 cm³/mol. The molecule has 13 heteroatoms. The van der Waals surface area contributed by atoms with Crippen molar-refractivity contribution in [2.75, 3.05) is 37.7 Å². The number of rotatable bonds is 9. The van der Waals surface area contributed by atoms with Gasteiger partial charge in [-0.25, -0.2) is 23.7 Å². The number of nitrogens with zero attached hydrogens (tertiary/aromatic N) is 8. The molecule has 6 rings (SSSR count). The minimum absolute atomic E-state index is 0.00664. The first-order valence-corrected chi connectivity index (χ1v) is 13.3. The highest BCUT2D eigenvalue weighted by Crippen LogP contribution is 2.23. The number of ether oxygens (including phenoxy) is 2. The van der Waals surface area contributed by atoms with Gasteiger partial charge in [-0.1, -0.05) is 12.1 Å². The number of carboxylic acids is 1. The summed E-state index contributed by atoms with van der Waals surface area (Å²) in [4.78, 5) is 29.4. The SMILES string of the molecule is N#Cc1ccc(COc2cccc(N3CCN(Cc4nc5ncc(C(=O)O)nn5c4CC4CCO4)CC3)n2)c(F)c1. The molecule has 0 bridgehead atoms. The van der Waals surface area contributed by atoms with Crippen LogP contribution in [0.4, 0.5) is 10.2 Å². The molecule has 2 saturated heterocycles. The number of carboxylic acid groups (broad SMARTS) is 1. The first-order chi connectivity index (χ1) is 20.0. The molecule has 210 valence electrons. The number of benzene rings is 1. The molecular weight excluding hydrogens is 531 g/mol. The Bertz CT molecular complexity index is 1630. The normalized spacial score (nSPS) is 17.3. The number of hydrogen-bond donors (Lipinski definition) is 1. The fraction of sp³-hybridized carbons (Fsp3) is 0.357. The zero-order chi connectivity index (χ0) is 28.3. The van der Waals surface area contributed by atoms with Gasteiger partial charge in [0, 0.05) is 57.4 Å². The lowest BCUT2D eigenvalue weighted by Gasteiger charge is -2.35. The van der Waals surface area contributed by atoms with Gasteiger partial charge in [-0.15, -0.1) is 0 Å². The van der Waals surface area contributed by atoms with E-state index in [1.165, 1.54) is 16.8 Å². The van der Waals surface area contributed by atoms with Crippen molar-refractivity contribution < 1.29 is 23.8 Å². The number of nitriles is 1. The monoisotopic (exact) mass is 558 g/mol. The highest BCUT2D eigenvalue weighted by Gasteiger charge is 2.27. The number of piperazine rings is 1. The molecule has 5 heterocycles. The molecule has 4 aromatic rings. The lowest BCUT2D eigenvalue weighted by Crippen LogP contribution is -2.46. The van der Waals surface area contributed by atoms with E-state index in [0.717, 1.165) is 56.4 Å². The van der Waals surface area contributed by atoms with Gasteiger partial charge in [0.15, 0.2) is 5.69 Å². The van der Waals surface area contributed by atoms with Crippen LogP contribution in [0.15, 0.2) is 42.6 Å². The van der Waals surface area contributed by atoms with E-state index in [4.69, 9.17) is 14.7 Å². The summed E-state index contributed by atoms with van der Waals surface area (Å²) in [5.74, 6) is -0.0882. The molecule has 1 atom stereocenters. The molecule has 41 heavy (non-hydrogen) atoms. The Morgan fingerprint density at radius 1 is 1.20 bits per heavy atom. The molecule has 0 amide bonds. The van der Waals surface area contributed by atoms with E-state index in [2.05, 4.69) is 29.9 Å². The maximum absolute atomic E-state index is 14.2. The Balaban J connectivity index is 1.10. The van der Waals surface area contributed by atoms with E-state index < -0.39 is 11.8 Å². The highest BCUT2D eigenvalue weighted by molar-refractivity contribution is 5.84. The van der Waals surface area contributed by atoms with Crippen molar-refractivity contribution >= 4 is 17.6 Å². The van der Waals surface area contributed by atoms with Crippen LogP contribution in [0.5, 0.6) is 5.88 Å². The number of aromatic carboxylic acids is 1. The maximum atomic E-state index is 14.2. The third kappa shape index (κ3) is 5.79. The van der Waals surface area contributed by atoms with E-state index in [-0.39, 0.29) is 24.0 Å². The van der Waals surface area contributed by atoms with Crippen LogP contribution >= 0.6 is 0 Å². The van der Waals surface area contributed by atoms with Gasteiger partial charge in [0.25, 0.3) is 5.78 Å². The Labute approximate surface area is 234 Å². The van der Waals surface area contributed by atoms with Crippen molar-refractivity contribution in [3.05, 3.63) is 76.6 Å². The van der Waals surface area contributed by atoms with Crippen LogP contribution in [-0.2, 0) is 24.3 Å². The summed E-state index contributed by atoms with van der Waals surface area (Å²) in [6.45, 7) is 4.29. The number of pyridine rings is 1. The lowest BCUT2D eigenvalue weighted by molar-refractivity contribution is -0.0500. The number of hydrogen-bond acceptors (Lipinski definition) is 10. The van der Waals surface area contributed by atoms with Gasteiger partial charge < -0.3 is 19.5 Å². The summed E-state index contributed by atoms with van der Waals surface area (Å²) < 4.78 is 27.1. The van der Waals surface area contributed by atoms with Gasteiger partial charge in [-0.3, -0.25) is 4.90 Å². The van der Waals surface area contributed by atoms with E-state index in [0.29, 0.717) is 30.2 Å². The number of carbonyl (C=O) groups is 1. The molecule has 0 radical (unpaired) electrons. The standard InChI is InChI=1S/C28H27FN8O4/c29-21-12-18(14-30)4-5-19(21)17-41-26-3-1-2-25(33-26)36-9-7-35(8-10-36)16-23-24(13-20-6-11-40-20)37-28(32-23)31-15-22(34-37)27(38)39/h1-5,12,15,20H,6-11,13,16-17H2,(H,38,39). The van der Waals surface area contributed by atoms with Crippen LogP contribution in [0.25, 0.3) is 5.78 Å². The van der Waals surface area contributed by atoms with Gasteiger partial charge in [0.1, 0.15) is 18.2 Å². The van der Waals surface area contributed by atoms with Crippen LogP contribution in [0, 0.1) is 17.1 Å².